The van der Waals surface area contributed by atoms with Crippen LogP contribution in [0.5, 0.6) is 0 Å². The Kier molecular flexibility index (Phi) is 5.51. The van der Waals surface area contributed by atoms with Gasteiger partial charge in [0, 0.05) is 20.2 Å². The summed E-state index contributed by atoms with van der Waals surface area (Å²) in [5.41, 5.74) is 1.26. The molecule has 1 aliphatic rings. The zero-order valence-electron chi connectivity index (χ0n) is 15.4. The number of hydrogen-bond acceptors (Lipinski definition) is 6. The van der Waals surface area contributed by atoms with Gasteiger partial charge in [-0.1, -0.05) is 56.3 Å². The first-order valence-electron chi connectivity index (χ1n) is 8.69. The van der Waals surface area contributed by atoms with Gasteiger partial charge in [0.05, 0.1) is 18.8 Å². The molecule has 6 nitrogen and oxygen atoms in total. The summed E-state index contributed by atoms with van der Waals surface area (Å²) >= 11 is 0. The minimum Gasteiger partial charge on any atom is -0.377 e. The van der Waals surface area contributed by atoms with Gasteiger partial charge < -0.3 is 14.0 Å². The Morgan fingerprint density at radius 2 is 1.96 bits per heavy atom. The highest BCUT2D eigenvalue weighted by atomic mass is 16.5. The van der Waals surface area contributed by atoms with Crippen molar-refractivity contribution in [1.82, 2.24) is 15.0 Å². The van der Waals surface area contributed by atoms with Crippen LogP contribution in [0.4, 0.5) is 0 Å². The van der Waals surface area contributed by atoms with E-state index in [1.807, 2.05) is 6.07 Å². The highest BCUT2D eigenvalue weighted by Gasteiger charge is 2.36. The van der Waals surface area contributed by atoms with E-state index in [0.29, 0.717) is 24.9 Å². The molecule has 0 N–H and O–H groups in total. The average Bonchev–Trinajstić information content (AvgIpc) is 3.02. The fourth-order valence-corrected chi connectivity index (χ4v) is 3.02. The Bertz CT molecular complexity index is 666. The van der Waals surface area contributed by atoms with E-state index in [1.165, 1.54) is 5.56 Å². The third kappa shape index (κ3) is 4.66. The number of hydrogen-bond donors (Lipinski definition) is 0. The molecule has 136 valence electrons. The highest BCUT2D eigenvalue weighted by molar-refractivity contribution is 5.18. The lowest BCUT2D eigenvalue weighted by atomic mass is 9.87. The summed E-state index contributed by atoms with van der Waals surface area (Å²) in [7, 11) is 1.62. The predicted molar refractivity (Wildman–Crippen MR) is 93.8 cm³/mol. The third-order valence-corrected chi connectivity index (χ3v) is 4.46. The zero-order valence-corrected chi connectivity index (χ0v) is 15.4. The van der Waals surface area contributed by atoms with Crippen molar-refractivity contribution in [3.63, 3.8) is 0 Å². The maximum atomic E-state index is 6.42. The normalized spacial score (nSPS) is 22.2. The number of rotatable bonds is 5. The molecule has 0 saturated carbocycles. The molecule has 0 unspecified atom stereocenters. The van der Waals surface area contributed by atoms with Crippen molar-refractivity contribution < 1.29 is 14.0 Å². The molecule has 2 aromatic rings. The number of benzene rings is 1. The Morgan fingerprint density at radius 3 is 2.64 bits per heavy atom. The third-order valence-electron chi connectivity index (χ3n) is 4.46. The van der Waals surface area contributed by atoms with Crippen molar-refractivity contribution in [3.8, 4) is 0 Å². The molecule has 1 fully saturated rings. The molecule has 0 amide bonds. The first kappa shape index (κ1) is 18.0. The second kappa shape index (κ2) is 7.64. The summed E-state index contributed by atoms with van der Waals surface area (Å²) in [6.07, 6.45) is 0.174. The van der Waals surface area contributed by atoms with Crippen LogP contribution in [0.3, 0.4) is 0 Å². The van der Waals surface area contributed by atoms with E-state index in [9.17, 15) is 0 Å². The van der Waals surface area contributed by atoms with Gasteiger partial charge in [0.25, 0.3) is 0 Å². The quantitative estimate of drug-likeness (QED) is 0.829. The molecular formula is C19H27N3O3. The zero-order chi connectivity index (χ0) is 17.9. The molecular weight excluding hydrogens is 318 g/mol. The summed E-state index contributed by atoms with van der Waals surface area (Å²) in [5, 5.41) is 3.95. The molecule has 2 heterocycles. The van der Waals surface area contributed by atoms with Crippen LogP contribution in [-0.2, 0) is 22.6 Å². The van der Waals surface area contributed by atoms with Crippen LogP contribution >= 0.6 is 0 Å². The number of aromatic nitrogens is 2. The van der Waals surface area contributed by atoms with Gasteiger partial charge in [-0.15, -0.1) is 0 Å². The Labute approximate surface area is 149 Å². The SMILES string of the molecule is COCc1noc(CN2C[C@@H](c3ccccc3)O[C@@H](C(C)(C)C)C2)n1. The topological polar surface area (TPSA) is 60.6 Å². The van der Waals surface area contributed by atoms with Crippen LogP contribution in [0.15, 0.2) is 34.9 Å². The smallest absolute Gasteiger partial charge is 0.240 e. The van der Waals surface area contributed by atoms with Gasteiger partial charge in [-0.2, -0.15) is 4.98 Å². The molecule has 0 radical (unpaired) electrons. The van der Waals surface area contributed by atoms with E-state index in [2.05, 4.69) is 60.1 Å². The number of ether oxygens (including phenoxy) is 2. The maximum Gasteiger partial charge on any atom is 0.240 e. The largest absolute Gasteiger partial charge is 0.377 e. The van der Waals surface area contributed by atoms with Crippen LogP contribution in [0.1, 0.15) is 44.2 Å². The van der Waals surface area contributed by atoms with E-state index < -0.39 is 0 Å². The van der Waals surface area contributed by atoms with E-state index in [1.54, 1.807) is 7.11 Å². The van der Waals surface area contributed by atoms with Gasteiger partial charge >= 0.3 is 0 Å². The molecule has 1 aliphatic heterocycles. The van der Waals surface area contributed by atoms with Crippen LogP contribution in [0, 0.1) is 5.41 Å². The molecule has 3 rings (SSSR count). The van der Waals surface area contributed by atoms with Gasteiger partial charge in [0.1, 0.15) is 6.61 Å². The molecule has 0 bridgehead atoms. The van der Waals surface area contributed by atoms with E-state index in [0.717, 1.165) is 13.1 Å². The molecule has 6 heteroatoms. The number of morpholine rings is 1. The van der Waals surface area contributed by atoms with Crippen molar-refractivity contribution in [2.75, 3.05) is 20.2 Å². The van der Waals surface area contributed by atoms with Gasteiger partial charge in [0.15, 0.2) is 5.82 Å². The summed E-state index contributed by atoms with van der Waals surface area (Å²) in [5.74, 6) is 1.20. The van der Waals surface area contributed by atoms with Gasteiger partial charge in [-0.3, -0.25) is 4.90 Å². The summed E-state index contributed by atoms with van der Waals surface area (Å²) < 4.78 is 16.8. The van der Waals surface area contributed by atoms with Crippen molar-refractivity contribution in [2.45, 2.75) is 46.1 Å². The Morgan fingerprint density at radius 1 is 1.20 bits per heavy atom. The first-order valence-corrected chi connectivity index (χ1v) is 8.69. The lowest BCUT2D eigenvalue weighted by Gasteiger charge is -2.43. The molecule has 1 aromatic carbocycles. The molecule has 0 spiro atoms. The minimum absolute atomic E-state index is 0.0422. The Balaban J connectivity index is 1.75. The van der Waals surface area contributed by atoms with Crippen LogP contribution < -0.4 is 0 Å². The van der Waals surface area contributed by atoms with Gasteiger partial charge in [-0.25, -0.2) is 0 Å². The molecule has 25 heavy (non-hydrogen) atoms. The van der Waals surface area contributed by atoms with Crippen LogP contribution in [0.25, 0.3) is 0 Å². The standard InChI is InChI=1S/C19H27N3O3/c1-19(2,3)16-11-22(12-18-20-17(13-23-4)21-25-18)10-15(24-16)14-8-6-5-7-9-14/h5-9,15-16H,10-13H2,1-4H3/t15-,16+/m0/s1. The maximum absolute atomic E-state index is 6.42. The first-order chi connectivity index (χ1) is 12.0. The second-order valence-corrected chi connectivity index (χ2v) is 7.62. The lowest BCUT2D eigenvalue weighted by molar-refractivity contribution is -0.132. The summed E-state index contributed by atoms with van der Waals surface area (Å²) in [4.78, 5) is 6.73. The van der Waals surface area contributed by atoms with Gasteiger partial charge in [-0.05, 0) is 11.0 Å². The highest BCUT2D eigenvalue weighted by Crippen LogP contribution is 2.33. The molecule has 1 saturated heterocycles. The molecule has 0 aliphatic carbocycles. The lowest BCUT2D eigenvalue weighted by Crippen LogP contribution is -2.48. The number of methoxy groups -OCH3 is 1. The van der Waals surface area contributed by atoms with Crippen molar-refractivity contribution in [3.05, 3.63) is 47.6 Å². The monoisotopic (exact) mass is 345 g/mol. The molecule has 2 atom stereocenters. The fraction of sp³-hybridized carbons (Fsp3) is 0.579. The average molecular weight is 345 g/mol. The van der Waals surface area contributed by atoms with Crippen LogP contribution in [-0.4, -0.2) is 41.3 Å². The Hall–Kier alpha value is -1.76. The minimum atomic E-state index is 0.0422. The summed E-state index contributed by atoms with van der Waals surface area (Å²) in [6.45, 7) is 9.28. The summed E-state index contributed by atoms with van der Waals surface area (Å²) in [6, 6.07) is 10.4. The fourth-order valence-electron chi connectivity index (χ4n) is 3.02. The molecule has 1 aromatic heterocycles. The van der Waals surface area contributed by atoms with E-state index >= 15 is 0 Å². The van der Waals surface area contributed by atoms with E-state index in [4.69, 9.17) is 14.0 Å². The number of nitrogens with zero attached hydrogens (tertiary/aromatic N) is 3. The van der Waals surface area contributed by atoms with Crippen molar-refractivity contribution >= 4 is 0 Å². The predicted octanol–water partition coefficient (Wildman–Crippen LogP) is 3.20. The van der Waals surface area contributed by atoms with E-state index in [-0.39, 0.29) is 17.6 Å². The van der Waals surface area contributed by atoms with Crippen molar-refractivity contribution in [2.24, 2.45) is 5.41 Å². The van der Waals surface area contributed by atoms with Gasteiger partial charge in [0.2, 0.25) is 5.89 Å². The van der Waals surface area contributed by atoms with Crippen molar-refractivity contribution in [1.29, 1.82) is 0 Å². The second-order valence-electron chi connectivity index (χ2n) is 7.62. The van der Waals surface area contributed by atoms with Crippen LogP contribution in [0.2, 0.25) is 0 Å².